The van der Waals surface area contributed by atoms with E-state index in [1.165, 1.54) is 76.7 Å². The van der Waals surface area contributed by atoms with Crippen LogP contribution in [0.5, 0.6) is 5.75 Å². The van der Waals surface area contributed by atoms with E-state index in [2.05, 4.69) is 40.7 Å². The van der Waals surface area contributed by atoms with Crippen molar-refractivity contribution in [3.05, 3.63) is 59.2 Å². The molecular weight excluding hydrogens is 608 g/mol. The topological polar surface area (TPSA) is 116 Å². The highest BCUT2D eigenvalue weighted by atomic mass is 16.5. The quantitative estimate of drug-likeness (QED) is 0.100. The third kappa shape index (κ3) is 7.03. The number of rotatable bonds is 10. The highest BCUT2D eigenvalue weighted by molar-refractivity contribution is 5.93. The van der Waals surface area contributed by atoms with Gasteiger partial charge in [0, 0.05) is 17.5 Å². The third-order valence-corrected chi connectivity index (χ3v) is 14.0. The zero-order chi connectivity index (χ0) is 35.1. The van der Waals surface area contributed by atoms with Gasteiger partial charge in [-0.2, -0.15) is 0 Å². The molecule has 49 heavy (non-hydrogen) atoms. The molecule has 6 heteroatoms. The first-order valence-electron chi connectivity index (χ1n) is 19.2. The number of hydrogen-bond acceptors (Lipinski definition) is 5. The van der Waals surface area contributed by atoms with Crippen molar-refractivity contribution in [1.29, 1.82) is 0 Å². The molecule has 2 unspecified atom stereocenters. The van der Waals surface area contributed by atoms with Crippen LogP contribution in [0.3, 0.4) is 0 Å². The molecule has 6 nitrogen and oxygen atoms in total. The van der Waals surface area contributed by atoms with Gasteiger partial charge in [-0.05, 0) is 151 Å². The highest BCUT2D eigenvalue weighted by Gasteiger charge is 2.62. The number of carbonyl (C=O) groups is 2. The van der Waals surface area contributed by atoms with Gasteiger partial charge >= 0.3 is 11.9 Å². The fourth-order valence-corrected chi connectivity index (χ4v) is 11.9. The molecule has 5 N–H and O–H groups in total. The van der Waals surface area contributed by atoms with Crippen LogP contribution in [0, 0.1) is 52.3 Å². The van der Waals surface area contributed by atoms with Gasteiger partial charge in [0.15, 0.2) is 0 Å². The maximum atomic E-state index is 13.7. The SMILES string of the molecule is CC(C)CCC[C@@H](C)[C@H]1C(c2cc(C=CC(=O)O)ccc2OC(=O)c2cc(N)cc(N)c2)C[C@H]2[C@@H]3CCC4CCCC[C@]4(C)[C@H]3CC[C@]12C. The van der Waals surface area contributed by atoms with E-state index in [1.54, 1.807) is 24.3 Å². The van der Waals surface area contributed by atoms with Crippen molar-refractivity contribution in [2.75, 3.05) is 11.5 Å². The molecule has 0 saturated heterocycles. The van der Waals surface area contributed by atoms with Crippen LogP contribution in [0.4, 0.5) is 11.4 Å². The summed E-state index contributed by atoms with van der Waals surface area (Å²) in [5.74, 6) is 3.92. The van der Waals surface area contributed by atoms with Gasteiger partial charge in [-0.1, -0.05) is 72.8 Å². The first-order chi connectivity index (χ1) is 23.3. The molecule has 4 saturated carbocycles. The van der Waals surface area contributed by atoms with Crippen LogP contribution in [0.15, 0.2) is 42.5 Å². The first-order valence-corrected chi connectivity index (χ1v) is 19.2. The molecule has 0 heterocycles. The number of ether oxygens (including phenoxy) is 1. The number of esters is 1. The van der Waals surface area contributed by atoms with Crippen LogP contribution in [0.1, 0.15) is 139 Å². The van der Waals surface area contributed by atoms with Crippen molar-refractivity contribution in [3.63, 3.8) is 0 Å². The third-order valence-electron chi connectivity index (χ3n) is 14.0. The van der Waals surface area contributed by atoms with Crippen molar-refractivity contribution < 1.29 is 19.4 Å². The minimum absolute atomic E-state index is 0.192. The predicted molar refractivity (Wildman–Crippen MR) is 199 cm³/mol. The van der Waals surface area contributed by atoms with Crippen LogP contribution in [-0.4, -0.2) is 17.0 Å². The van der Waals surface area contributed by atoms with Crippen molar-refractivity contribution in [3.8, 4) is 5.75 Å². The fourth-order valence-electron chi connectivity index (χ4n) is 11.9. The van der Waals surface area contributed by atoms with Crippen LogP contribution in [0.2, 0.25) is 0 Å². The molecule has 0 spiro atoms. The van der Waals surface area contributed by atoms with E-state index in [0.717, 1.165) is 35.3 Å². The average Bonchev–Trinajstić information content (AvgIpc) is 3.36. The summed E-state index contributed by atoms with van der Waals surface area (Å²) in [6.07, 6.45) is 18.4. The number of fused-ring (bicyclic) bond motifs is 5. The molecule has 0 radical (unpaired) electrons. The number of carboxylic acid groups (broad SMARTS) is 1. The number of hydrogen-bond donors (Lipinski definition) is 3. The minimum Gasteiger partial charge on any atom is -0.478 e. The van der Waals surface area contributed by atoms with Gasteiger partial charge in [0.05, 0.1) is 5.56 Å². The van der Waals surface area contributed by atoms with Crippen LogP contribution in [-0.2, 0) is 4.79 Å². The number of carboxylic acids is 1. The van der Waals surface area contributed by atoms with E-state index >= 15 is 0 Å². The monoisotopic (exact) mass is 668 g/mol. The highest BCUT2D eigenvalue weighted by Crippen LogP contribution is 2.71. The Morgan fingerprint density at radius 1 is 0.918 bits per heavy atom. The molecule has 6 rings (SSSR count). The number of benzene rings is 2. The Kier molecular flexibility index (Phi) is 10.3. The molecule has 2 aromatic carbocycles. The number of aliphatic carboxylic acids is 1. The van der Waals surface area contributed by atoms with E-state index in [9.17, 15) is 14.7 Å². The predicted octanol–water partition coefficient (Wildman–Crippen LogP) is 10.4. The van der Waals surface area contributed by atoms with Gasteiger partial charge in [-0.25, -0.2) is 9.59 Å². The minimum atomic E-state index is -0.981. The smallest absolute Gasteiger partial charge is 0.343 e. The summed E-state index contributed by atoms with van der Waals surface area (Å²) in [7, 11) is 0. The molecule has 4 fully saturated rings. The molecule has 0 aliphatic heterocycles. The van der Waals surface area contributed by atoms with E-state index in [0.29, 0.717) is 51.8 Å². The van der Waals surface area contributed by atoms with Gasteiger partial charge in [0.1, 0.15) is 5.75 Å². The Balaban J connectivity index is 1.41. The molecule has 0 aromatic heterocycles. The summed E-state index contributed by atoms with van der Waals surface area (Å²) < 4.78 is 6.26. The lowest BCUT2D eigenvalue weighted by molar-refractivity contribution is -0.131. The second-order valence-corrected chi connectivity index (χ2v) is 17.4. The Hall–Kier alpha value is -3.28. The second kappa shape index (κ2) is 14.2. The second-order valence-electron chi connectivity index (χ2n) is 17.4. The number of carbonyl (C=O) groups excluding carboxylic acids is 1. The lowest BCUT2D eigenvalue weighted by Crippen LogP contribution is -2.53. The van der Waals surface area contributed by atoms with Crippen LogP contribution in [0.25, 0.3) is 6.08 Å². The molecule has 9 atom stereocenters. The van der Waals surface area contributed by atoms with E-state index in [4.69, 9.17) is 16.2 Å². The van der Waals surface area contributed by atoms with Gasteiger partial charge in [0.2, 0.25) is 0 Å². The lowest BCUT2D eigenvalue weighted by atomic mass is 9.44. The fraction of sp³-hybridized carbons (Fsp3) is 0.628. The lowest BCUT2D eigenvalue weighted by Gasteiger charge is -2.61. The Morgan fingerprint density at radius 2 is 1.67 bits per heavy atom. The number of nitrogen functional groups attached to an aromatic ring is 2. The van der Waals surface area contributed by atoms with E-state index in [1.807, 2.05) is 12.1 Å². The summed E-state index contributed by atoms with van der Waals surface area (Å²) in [4.78, 5) is 25.2. The van der Waals surface area contributed by atoms with E-state index in [-0.39, 0.29) is 11.3 Å². The normalized spacial score (nSPS) is 33.1. The largest absolute Gasteiger partial charge is 0.478 e. The standard InChI is InChI=1S/C43H60N2O4/c1-26(2)9-8-10-27(3)40-35(25-37-33-15-14-30-11-6-7-19-42(30,4)36(33)18-20-43(37,40)5)34-21-28(13-17-39(46)47)12-16-38(34)49-41(48)29-22-31(44)24-32(45)23-29/h12-13,16-17,21-24,26-27,30,33,35-37,40H,6-11,14-15,18-20,25,44-45H2,1-5H3,(H,46,47)/t27-,30?,33-,35?,36+,37+,40+,42+,43+/m1/s1. The van der Waals surface area contributed by atoms with Crippen molar-refractivity contribution in [2.45, 2.75) is 118 Å². The van der Waals surface area contributed by atoms with Crippen molar-refractivity contribution >= 4 is 29.4 Å². The zero-order valence-corrected chi connectivity index (χ0v) is 30.5. The molecule has 2 aromatic rings. The van der Waals surface area contributed by atoms with Gasteiger partial charge < -0.3 is 21.3 Å². The molecular formula is C43H60N2O4. The van der Waals surface area contributed by atoms with Crippen LogP contribution >= 0.6 is 0 Å². The molecule has 0 amide bonds. The number of anilines is 2. The Bertz CT molecular complexity index is 1540. The maximum Gasteiger partial charge on any atom is 0.343 e. The number of nitrogens with two attached hydrogens (primary N) is 2. The summed E-state index contributed by atoms with van der Waals surface area (Å²) in [6, 6.07) is 10.7. The van der Waals surface area contributed by atoms with Gasteiger partial charge in [0.25, 0.3) is 0 Å². The molecule has 4 aliphatic carbocycles. The first kappa shape index (κ1) is 35.5. The summed E-state index contributed by atoms with van der Waals surface area (Å²) in [5, 5.41) is 9.45. The zero-order valence-electron chi connectivity index (χ0n) is 30.5. The maximum absolute atomic E-state index is 13.7. The van der Waals surface area contributed by atoms with Crippen molar-refractivity contribution in [2.24, 2.45) is 52.3 Å². The van der Waals surface area contributed by atoms with E-state index < -0.39 is 11.9 Å². The van der Waals surface area contributed by atoms with Gasteiger partial charge in [-0.3, -0.25) is 0 Å². The summed E-state index contributed by atoms with van der Waals surface area (Å²) in [5.41, 5.74) is 15.7. The average molecular weight is 669 g/mol. The summed E-state index contributed by atoms with van der Waals surface area (Å²) >= 11 is 0. The van der Waals surface area contributed by atoms with Crippen LogP contribution < -0.4 is 16.2 Å². The van der Waals surface area contributed by atoms with Gasteiger partial charge in [-0.15, -0.1) is 0 Å². The Morgan fingerprint density at radius 3 is 2.39 bits per heavy atom. The summed E-state index contributed by atoms with van der Waals surface area (Å²) in [6.45, 7) is 12.4. The molecule has 4 aliphatic rings. The molecule has 266 valence electrons. The molecule has 0 bridgehead atoms. The Labute approximate surface area is 294 Å². The van der Waals surface area contributed by atoms with Crippen molar-refractivity contribution in [1.82, 2.24) is 0 Å².